The molecule has 27 heavy (non-hydrogen) atoms. The number of hydrogen-bond donors (Lipinski definition) is 1. The summed E-state index contributed by atoms with van der Waals surface area (Å²) in [5.41, 5.74) is 3.68. The number of aromatic nitrogens is 3. The van der Waals surface area contributed by atoms with Crippen molar-refractivity contribution < 1.29 is 18.3 Å². The van der Waals surface area contributed by atoms with Gasteiger partial charge in [-0.15, -0.1) is 11.3 Å². The maximum absolute atomic E-state index is 12.9. The molecule has 142 valence electrons. The molecule has 2 aromatic heterocycles. The summed E-state index contributed by atoms with van der Waals surface area (Å²) in [6.45, 7) is 3.77. The normalized spacial score (nSPS) is 16.5. The molecule has 1 aromatic carbocycles. The molecule has 2 atom stereocenters. The number of hydrogen-bond acceptors (Lipinski definition) is 7. The Morgan fingerprint density at radius 3 is 2.78 bits per heavy atom. The molecule has 1 aliphatic rings. The highest BCUT2D eigenvalue weighted by Gasteiger charge is 2.32. The first-order valence-electron chi connectivity index (χ1n) is 8.40. The van der Waals surface area contributed by atoms with Crippen molar-refractivity contribution >= 4 is 37.5 Å². The number of benzene rings is 1. The van der Waals surface area contributed by atoms with Crippen LogP contribution in [-0.2, 0) is 27.9 Å². The lowest BCUT2D eigenvalue weighted by Crippen LogP contribution is -2.35. The quantitative estimate of drug-likeness (QED) is 0.705. The number of carbonyl (C=O) groups excluding carboxylic acids is 1. The Morgan fingerprint density at radius 2 is 2.07 bits per heavy atom. The van der Waals surface area contributed by atoms with E-state index < -0.39 is 22.0 Å². The molecule has 10 heteroatoms. The van der Waals surface area contributed by atoms with Gasteiger partial charge < -0.3 is 10.0 Å². The fraction of sp³-hybridized carbons (Fsp3) is 0.353. The molecule has 0 saturated heterocycles. The summed E-state index contributed by atoms with van der Waals surface area (Å²) in [7, 11) is -3.81. The predicted molar refractivity (Wildman–Crippen MR) is 99.5 cm³/mol. The molecule has 0 spiro atoms. The van der Waals surface area contributed by atoms with Gasteiger partial charge in [0.2, 0.25) is 5.91 Å². The van der Waals surface area contributed by atoms with Crippen molar-refractivity contribution in [2.45, 2.75) is 37.9 Å². The van der Waals surface area contributed by atoms with Gasteiger partial charge in [0.1, 0.15) is 0 Å². The first kappa shape index (κ1) is 18.1. The van der Waals surface area contributed by atoms with E-state index in [4.69, 9.17) is 0 Å². The number of carbonyl (C=O) groups is 1. The number of rotatable bonds is 4. The third-order valence-electron chi connectivity index (χ3n) is 4.83. The van der Waals surface area contributed by atoms with Crippen molar-refractivity contribution in [2.24, 2.45) is 5.92 Å². The van der Waals surface area contributed by atoms with Gasteiger partial charge in [0.25, 0.3) is 10.0 Å². The Labute approximate surface area is 160 Å². The number of amides is 1. The van der Waals surface area contributed by atoms with Crippen LogP contribution >= 0.6 is 11.3 Å². The van der Waals surface area contributed by atoms with E-state index in [9.17, 15) is 18.3 Å². The molecule has 1 N–H and O–H groups in total. The third kappa shape index (κ3) is 3.03. The van der Waals surface area contributed by atoms with Crippen LogP contribution in [0, 0.1) is 5.92 Å². The molecule has 0 bridgehead atoms. The molecule has 8 nitrogen and oxygen atoms in total. The van der Waals surface area contributed by atoms with Gasteiger partial charge in [0.15, 0.2) is 0 Å². The van der Waals surface area contributed by atoms with Crippen molar-refractivity contribution in [1.82, 2.24) is 19.1 Å². The average Bonchev–Trinajstić information content (AvgIpc) is 3.33. The van der Waals surface area contributed by atoms with Crippen molar-refractivity contribution in [1.29, 1.82) is 0 Å². The van der Waals surface area contributed by atoms with Crippen molar-refractivity contribution in [3.63, 3.8) is 0 Å². The van der Waals surface area contributed by atoms with Crippen molar-refractivity contribution in [3.05, 3.63) is 41.2 Å². The van der Waals surface area contributed by atoms with E-state index in [2.05, 4.69) is 10.1 Å². The number of fused-ring (bicyclic) bond motifs is 2. The fourth-order valence-electron chi connectivity index (χ4n) is 3.00. The largest absolute Gasteiger partial charge is 0.393 e. The summed E-state index contributed by atoms with van der Waals surface area (Å²) >= 11 is 1.38. The topological polar surface area (TPSA) is 105 Å². The second-order valence-corrected chi connectivity index (χ2v) is 9.37. The standard InChI is InChI=1S/C17H18N4O4S2/c1-10(11(2)22)17(23)20-6-12-7-21(19-15(12)8-20)27(24,25)13-3-4-14-16(5-13)26-9-18-14/h3-5,7,9-11,22H,6,8H2,1-2H3/t10-,11-/m1/s1. The number of aliphatic hydroxyl groups excluding tert-OH is 1. The van der Waals surface area contributed by atoms with Crippen LogP contribution in [0.2, 0.25) is 0 Å². The van der Waals surface area contributed by atoms with Gasteiger partial charge >= 0.3 is 0 Å². The lowest BCUT2D eigenvalue weighted by Gasteiger charge is -2.22. The van der Waals surface area contributed by atoms with Crippen LogP contribution in [0.15, 0.2) is 34.8 Å². The summed E-state index contributed by atoms with van der Waals surface area (Å²) < 4.78 is 27.5. The molecule has 4 rings (SSSR count). The monoisotopic (exact) mass is 406 g/mol. The van der Waals surface area contributed by atoms with E-state index in [0.29, 0.717) is 11.3 Å². The van der Waals surface area contributed by atoms with Gasteiger partial charge in [0, 0.05) is 18.3 Å². The highest BCUT2D eigenvalue weighted by molar-refractivity contribution is 7.89. The minimum absolute atomic E-state index is 0.149. The lowest BCUT2D eigenvalue weighted by molar-refractivity contribution is -0.138. The summed E-state index contributed by atoms with van der Waals surface area (Å²) in [6, 6.07) is 4.79. The minimum atomic E-state index is -3.81. The second kappa shape index (κ2) is 6.39. The van der Waals surface area contributed by atoms with E-state index in [0.717, 1.165) is 14.3 Å². The maximum atomic E-state index is 12.9. The second-order valence-electron chi connectivity index (χ2n) is 6.68. The molecule has 1 aliphatic heterocycles. The van der Waals surface area contributed by atoms with Gasteiger partial charge in [-0.05, 0) is 25.1 Å². The molecular formula is C17H18N4O4S2. The zero-order chi connectivity index (χ0) is 19.3. The molecule has 1 amide bonds. The highest BCUT2D eigenvalue weighted by Crippen LogP contribution is 2.27. The number of nitrogens with zero attached hydrogens (tertiary/aromatic N) is 4. The van der Waals surface area contributed by atoms with Gasteiger partial charge in [-0.1, -0.05) is 6.92 Å². The smallest absolute Gasteiger partial charge is 0.283 e. The molecule has 0 saturated carbocycles. The van der Waals surface area contributed by atoms with Gasteiger partial charge in [-0.3, -0.25) is 4.79 Å². The van der Waals surface area contributed by atoms with Gasteiger partial charge in [-0.2, -0.15) is 17.6 Å². The van der Waals surface area contributed by atoms with Crippen LogP contribution in [0.4, 0.5) is 0 Å². The summed E-state index contributed by atoms with van der Waals surface area (Å²) in [4.78, 5) is 18.2. The van der Waals surface area contributed by atoms with E-state index in [1.54, 1.807) is 36.4 Å². The fourth-order valence-corrected chi connectivity index (χ4v) is 4.99. The summed E-state index contributed by atoms with van der Waals surface area (Å²) in [5.74, 6) is -0.691. The Kier molecular flexibility index (Phi) is 4.28. The minimum Gasteiger partial charge on any atom is -0.393 e. The lowest BCUT2D eigenvalue weighted by atomic mass is 10.1. The highest BCUT2D eigenvalue weighted by atomic mass is 32.2. The molecule has 0 unspecified atom stereocenters. The van der Waals surface area contributed by atoms with Crippen molar-refractivity contribution in [2.75, 3.05) is 0 Å². The van der Waals surface area contributed by atoms with Crippen LogP contribution in [0.3, 0.4) is 0 Å². The summed E-state index contributed by atoms with van der Waals surface area (Å²) in [5, 5.41) is 13.8. The molecule has 3 heterocycles. The molecular weight excluding hydrogens is 388 g/mol. The third-order valence-corrected chi connectivity index (χ3v) is 7.15. The average molecular weight is 406 g/mol. The van der Waals surface area contributed by atoms with E-state index in [1.807, 2.05) is 0 Å². The van der Waals surface area contributed by atoms with E-state index in [1.165, 1.54) is 23.6 Å². The zero-order valence-electron chi connectivity index (χ0n) is 14.7. The van der Waals surface area contributed by atoms with Crippen molar-refractivity contribution in [3.8, 4) is 0 Å². The first-order chi connectivity index (χ1) is 12.8. The van der Waals surface area contributed by atoms with Gasteiger partial charge in [0.05, 0.1) is 44.9 Å². The molecule has 0 aliphatic carbocycles. The molecule has 0 radical (unpaired) electrons. The molecule has 0 fully saturated rings. The van der Waals surface area contributed by atoms with Crippen LogP contribution < -0.4 is 0 Å². The van der Waals surface area contributed by atoms with Crippen LogP contribution in [0.1, 0.15) is 25.1 Å². The van der Waals surface area contributed by atoms with E-state index >= 15 is 0 Å². The maximum Gasteiger partial charge on any atom is 0.283 e. The number of aliphatic hydroxyl groups is 1. The van der Waals surface area contributed by atoms with E-state index in [-0.39, 0.29) is 23.9 Å². The zero-order valence-corrected chi connectivity index (χ0v) is 16.4. The van der Waals surface area contributed by atoms with Crippen LogP contribution in [0.25, 0.3) is 10.2 Å². The SMILES string of the molecule is C[C@@H](O)[C@@H](C)C(=O)N1Cc2cn(S(=O)(=O)c3ccc4ncsc4c3)nc2C1. The Balaban J connectivity index is 1.60. The Bertz CT molecular complexity index is 1110. The Morgan fingerprint density at radius 1 is 1.30 bits per heavy atom. The van der Waals surface area contributed by atoms with Gasteiger partial charge in [-0.25, -0.2) is 4.98 Å². The summed E-state index contributed by atoms with van der Waals surface area (Å²) in [6.07, 6.45) is 0.717. The Hall–Kier alpha value is -2.30. The predicted octanol–water partition coefficient (Wildman–Crippen LogP) is 1.59. The first-order valence-corrected chi connectivity index (χ1v) is 10.7. The molecule has 3 aromatic rings. The van der Waals surface area contributed by atoms with Crippen LogP contribution in [-0.4, -0.2) is 44.6 Å². The number of thiazole rings is 1. The van der Waals surface area contributed by atoms with Crippen LogP contribution in [0.5, 0.6) is 0 Å².